The Bertz CT molecular complexity index is 542. The summed E-state index contributed by atoms with van der Waals surface area (Å²) in [5, 5.41) is 20.2. The van der Waals surface area contributed by atoms with Gasteiger partial charge in [0.05, 0.1) is 11.9 Å². The first-order valence-electron chi connectivity index (χ1n) is 5.32. The molecule has 0 amide bonds. The van der Waals surface area contributed by atoms with E-state index in [4.69, 9.17) is 9.63 Å². The van der Waals surface area contributed by atoms with Gasteiger partial charge in [-0.2, -0.15) is 0 Å². The van der Waals surface area contributed by atoms with E-state index in [-0.39, 0.29) is 11.6 Å². The molecule has 2 aromatic rings. The lowest BCUT2D eigenvalue weighted by molar-refractivity contribution is 0.0689. The summed E-state index contributed by atoms with van der Waals surface area (Å²) in [6.07, 6.45) is 3.52. The normalized spacial score (nSPS) is 15.1. The maximum Gasteiger partial charge on any atom is 0.358 e. The summed E-state index contributed by atoms with van der Waals surface area (Å²) in [7, 11) is 0. The van der Waals surface area contributed by atoms with E-state index in [0.29, 0.717) is 18.0 Å². The lowest BCUT2D eigenvalue weighted by Crippen LogP contribution is -2.08. The van der Waals surface area contributed by atoms with E-state index in [1.54, 1.807) is 16.9 Å². The van der Waals surface area contributed by atoms with Crippen LogP contribution >= 0.6 is 0 Å². The number of aromatic nitrogens is 4. The largest absolute Gasteiger partial charge is 0.476 e. The van der Waals surface area contributed by atoms with Crippen LogP contribution in [0, 0.1) is 0 Å². The van der Waals surface area contributed by atoms with Gasteiger partial charge in [0.1, 0.15) is 6.54 Å². The highest BCUT2D eigenvalue weighted by Gasteiger charge is 2.33. The van der Waals surface area contributed by atoms with E-state index in [0.717, 1.165) is 12.8 Å². The molecule has 0 radical (unpaired) electrons. The predicted octanol–water partition coefficient (Wildman–Crippen LogP) is 0.890. The minimum atomic E-state index is -1.03. The first kappa shape index (κ1) is 10.0. The molecule has 2 aromatic heterocycles. The molecule has 0 unspecified atom stereocenters. The second-order valence-electron chi connectivity index (χ2n) is 4.04. The smallest absolute Gasteiger partial charge is 0.358 e. The van der Waals surface area contributed by atoms with Gasteiger partial charge in [-0.3, -0.25) is 0 Å². The third-order valence-electron chi connectivity index (χ3n) is 2.74. The van der Waals surface area contributed by atoms with Gasteiger partial charge in [0.15, 0.2) is 11.5 Å². The van der Waals surface area contributed by atoms with Crippen molar-refractivity contribution in [3.8, 4) is 0 Å². The van der Waals surface area contributed by atoms with Gasteiger partial charge in [0.2, 0.25) is 0 Å². The number of carboxylic acid groups (broad SMARTS) is 1. The van der Waals surface area contributed by atoms with E-state index < -0.39 is 5.97 Å². The molecule has 1 aliphatic carbocycles. The van der Waals surface area contributed by atoms with Crippen LogP contribution in [0.3, 0.4) is 0 Å². The Hall–Kier alpha value is -2.18. The van der Waals surface area contributed by atoms with Gasteiger partial charge in [-0.15, -0.1) is 5.10 Å². The number of aromatic carboxylic acids is 1. The zero-order valence-electron chi connectivity index (χ0n) is 8.91. The van der Waals surface area contributed by atoms with Gasteiger partial charge < -0.3 is 9.63 Å². The summed E-state index contributed by atoms with van der Waals surface area (Å²) >= 11 is 0. The van der Waals surface area contributed by atoms with Gasteiger partial charge in [-0.05, 0) is 12.8 Å². The van der Waals surface area contributed by atoms with Crippen molar-refractivity contribution >= 4 is 5.97 Å². The van der Waals surface area contributed by atoms with Crippen LogP contribution in [0.5, 0.6) is 0 Å². The van der Waals surface area contributed by atoms with Gasteiger partial charge in [0, 0.05) is 12.0 Å². The third kappa shape index (κ3) is 1.79. The van der Waals surface area contributed by atoms with Crippen LogP contribution < -0.4 is 0 Å². The summed E-state index contributed by atoms with van der Waals surface area (Å²) in [5.74, 6) is -0.136. The minimum Gasteiger partial charge on any atom is -0.476 e. The Kier molecular flexibility index (Phi) is 2.17. The van der Waals surface area contributed by atoms with Crippen molar-refractivity contribution in [3.05, 3.63) is 29.4 Å². The van der Waals surface area contributed by atoms with Gasteiger partial charge in [-0.1, -0.05) is 10.4 Å². The SMILES string of the molecule is O=C(O)c1nnn(Cc2ccno2)c1C1CC1. The predicted molar refractivity (Wildman–Crippen MR) is 54.6 cm³/mol. The van der Waals surface area contributed by atoms with Crippen LogP contribution in [0.25, 0.3) is 0 Å². The van der Waals surface area contributed by atoms with Crippen LogP contribution in [0.4, 0.5) is 0 Å². The maximum absolute atomic E-state index is 11.0. The van der Waals surface area contributed by atoms with Gasteiger partial charge in [0.25, 0.3) is 0 Å². The molecule has 17 heavy (non-hydrogen) atoms. The Balaban J connectivity index is 1.96. The number of hydrogen-bond donors (Lipinski definition) is 1. The number of carbonyl (C=O) groups is 1. The molecule has 0 saturated heterocycles. The molecular formula is C10H10N4O3. The summed E-state index contributed by atoms with van der Waals surface area (Å²) < 4.78 is 6.56. The van der Waals surface area contributed by atoms with Crippen LogP contribution in [-0.2, 0) is 6.54 Å². The van der Waals surface area contributed by atoms with E-state index >= 15 is 0 Å². The molecule has 0 atom stereocenters. The molecule has 0 aliphatic heterocycles. The lowest BCUT2D eigenvalue weighted by Gasteiger charge is -2.02. The average molecular weight is 234 g/mol. The fourth-order valence-electron chi connectivity index (χ4n) is 1.82. The van der Waals surface area contributed by atoms with Crippen LogP contribution in [-0.4, -0.2) is 31.2 Å². The van der Waals surface area contributed by atoms with Crippen molar-refractivity contribution in [3.63, 3.8) is 0 Å². The molecule has 0 bridgehead atoms. The summed E-state index contributed by atoms with van der Waals surface area (Å²) in [4.78, 5) is 11.0. The highest BCUT2D eigenvalue weighted by Crippen LogP contribution is 2.41. The quantitative estimate of drug-likeness (QED) is 0.844. The third-order valence-corrected chi connectivity index (χ3v) is 2.74. The van der Waals surface area contributed by atoms with Crippen LogP contribution in [0.1, 0.15) is 40.7 Å². The van der Waals surface area contributed by atoms with Crippen LogP contribution in [0.2, 0.25) is 0 Å². The summed E-state index contributed by atoms with van der Waals surface area (Å²) in [6, 6.07) is 1.72. The standard InChI is InChI=1S/C10H10N4O3/c15-10(16)8-9(6-1-2-6)14(13-12-8)5-7-3-4-11-17-7/h3-4,6H,1-2,5H2,(H,15,16). The molecule has 7 nitrogen and oxygen atoms in total. The van der Waals surface area contributed by atoms with Crippen molar-refractivity contribution in [2.75, 3.05) is 0 Å². The van der Waals surface area contributed by atoms with Crippen molar-refractivity contribution in [1.82, 2.24) is 20.2 Å². The number of hydrogen-bond acceptors (Lipinski definition) is 5. The van der Waals surface area contributed by atoms with E-state index in [9.17, 15) is 4.79 Å². The van der Waals surface area contributed by atoms with Crippen molar-refractivity contribution in [2.24, 2.45) is 0 Å². The molecule has 1 saturated carbocycles. The zero-order valence-corrected chi connectivity index (χ0v) is 8.91. The molecule has 7 heteroatoms. The average Bonchev–Trinajstić information content (AvgIpc) is 2.85. The van der Waals surface area contributed by atoms with Crippen LogP contribution in [0.15, 0.2) is 16.8 Å². The molecule has 1 fully saturated rings. The zero-order chi connectivity index (χ0) is 11.8. The fourth-order valence-corrected chi connectivity index (χ4v) is 1.82. The van der Waals surface area contributed by atoms with Gasteiger partial charge >= 0.3 is 5.97 Å². The number of carboxylic acids is 1. The molecular weight excluding hydrogens is 224 g/mol. The lowest BCUT2D eigenvalue weighted by atomic mass is 10.2. The molecule has 2 heterocycles. The van der Waals surface area contributed by atoms with Gasteiger partial charge in [-0.25, -0.2) is 9.48 Å². The second kappa shape index (κ2) is 3.69. The number of rotatable bonds is 4. The summed E-state index contributed by atoms with van der Waals surface area (Å²) in [6.45, 7) is 0.367. The molecule has 88 valence electrons. The first-order chi connectivity index (χ1) is 8.25. The van der Waals surface area contributed by atoms with E-state index in [2.05, 4.69) is 15.5 Å². The van der Waals surface area contributed by atoms with E-state index in [1.165, 1.54) is 0 Å². The molecule has 1 aliphatic rings. The first-order valence-corrected chi connectivity index (χ1v) is 5.32. The molecule has 0 aromatic carbocycles. The molecule has 0 spiro atoms. The maximum atomic E-state index is 11.0. The van der Waals surface area contributed by atoms with Crippen molar-refractivity contribution in [1.29, 1.82) is 0 Å². The molecule has 3 rings (SSSR count). The fraction of sp³-hybridized carbons (Fsp3) is 0.400. The summed E-state index contributed by atoms with van der Waals surface area (Å²) in [5.41, 5.74) is 0.737. The Morgan fingerprint density at radius 2 is 2.41 bits per heavy atom. The van der Waals surface area contributed by atoms with Crippen molar-refractivity contribution in [2.45, 2.75) is 25.3 Å². The number of nitrogens with zero attached hydrogens (tertiary/aromatic N) is 4. The Morgan fingerprint density at radius 3 is 3.00 bits per heavy atom. The molecule has 1 N–H and O–H groups in total. The van der Waals surface area contributed by atoms with Crippen molar-refractivity contribution < 1.29 is 14.4 Å². The Labute approximate surface area is 96.0 Å². The topological polar surface area (TPSA) is 94.0 Å². The highest BCUT2D eigenvalue weighted by molar-refractivity contribution is 5.86. The Morgan fingerprint density at radius 1 is 1.59 bits per heavy atom. The monoisotopic (exact) mass is 234 g/mol. The highest BCUT2D eigenvalue weighted by atomic mass is 16.5. The minimum absolute atomic E-state index is 0.0482. The second-order valence-corrected chi connectivity index (χ2v) is 4.04. The van der Waals surface area contributed by atoms with E-state index in [1.807, 2.05) is 0 Å².